The number of aromatic hydroxyl groups is 2. The lowest BCUT2D eigenvalue weighted by molar-refractivity contribution is 0.370. The zero-order valence-corrected chi connectivity index (χ0v) is 16.7. The Labute approximate surface area is 171 Å². The fraction of sp³-hybridized carbons (Fsp3) is 0.182. The average molecular weight is 409 g/mol. The van der Waals surface area contributed by atoms with Crippen molar-refractivity contribution in [1.29, 1.82) is 0 Å². The van der Waals surface area contributed by atoms with Gasteiger partial charge in [-0.15, -0.1) is 11.8 Å². The smallest absolute Gasteiger partial charge is 0.348 e. The maximum atomic E-state index is 12.5. The van der Waals surface area contributed by atoms with E-state index in [2.05, 4.69) is 4.99 Å². The zero-order chi connectivity index (χ0) is 20.5. The Hall–Kier alpha value is -3.19. The number of hydrogen-bond acceptors (Lipinski definition) is 7. The number of rotatable bonds is 3. The third kappa shape index (κ3) is 3.61. The summed E-state index contributed by atoms with van der Waals surface area (Å²) in [5.41, 5.74) is 1.16. The SMILES string of the molecule is COc1cccc(C2CC(c3c(O)cc(C)oc3=O)=Nc3ccccc3S2)c1O. The van der Waals surface area contributed by atoms with Gasteiger partial charge in [-0.2, -0.15) is 0 Å². The molecule has 1 aromatic heterocycles. The Morgan fingerprint density at radius 2 is 1.97 bits per heavy atom. The third-order valence-electron chi connectivity index (χ3n) is 4.71. The van der Waals surface area contributed by atoms with E-state index >= 15 is 0 Å². The van der Waals surface area contributed by atoms with Crippen LogP contribution in [0.1, 0.15) is 28.6 Å². The zero-order valence-electron chi connectivity index (χ0n) is 15.9. The van der Waals surface area contributed by atoms with Crippen LogP contribution in [0, 0.1) is 6.92 Å². The summed E-state index contributed by atoms with van der Waals surface area (Å²) >= 11 is 1.53. The van der Waals surface area contributed by atoms with Gasteiger partial charge in [-0.25, -0.2) is 4.79 Å². The molecule has 1 aliphatic rings. The summed E-state index contributed by atoms with van der Waals surface area (Å²) in [5.74, 6) is 0.570. The molecule has 1 aliphatic heterocycles. The summed E-state index contributed by atoms with van der Waals surface area (Å²) in [4.78, 5) is 18.1. The highest BCUT2D eigenvalue weighted by Crippen LogP contribution is 2.49. The van der Waals surface area contributed by atoms with E-state index in [9.17, 15) is 15.0 Å². The van der Waals surface area contributed by atoms with Gasteiger partial charge in [-0.05, 0) is 25.1 Å². The molecule has 0 fully saturated rings. The van der Waals surface area contributed by atoms with Crippen molar-refractivity contribution in [3.63, 3.8) is 0 Å². The molecule has 2 heterocycles. The molecule has 0 spiro atoms. The number of para-hydroxylation sites is 2. The molecule has 7 heteroatoms. The molecule has 0 saturated heterocycles. The number of nitrogens with zero attached hydrogens (tertiary/aromatic N) is 1. The van der Waals surface area contributed by atoms with E-state index in [4.69, 9.17) is 9.15 Å². The molecule has 0 radical (unpaired) electrons. The maximum absolute atomic E-state index is 12.5. The first-order chi connectivity index (χ1) is 14.0. The van der Waals surface area contributed by atoms with E-state index in [-0.39, 0.29) is 22.3 Å². The van der Waals surface area contributed by atoms with Crippen molar-refractivity contribution in [2.24, 2.45) is 4.99 Å². The number of thioether (sulfide) groups is 1. The number of phenolic OH excluding ortho intramolecular Hbond substituents is 1. The summed E-state index contributed by atoms with van der Waals surface area (Å²) in [7, 11) is 1.50. The van der Waals surface area contributed by atoms with Crippen molar-refractivity contribution < 1.29 is 19.4 Å². The quantitative estimate of drug-likeness (QED) is 0.650. The van der Waals surface area contributed by atoms with Crippen LogP contribution in [0.5, 0.6) is 17.2 Å². The molecule has 6 nitrogen and oxygen atoms in total. The highest BCUT2D eigenvalue weighted by molar-refractivity contribution is 7.99. The summed E-state index contributed by atoms with van der Waals surface area (Å²) in [5, 5.41) is 20.9. The van der Waals surface area contributed by atoms with Crippen molar-refractivity contribution in [1.82, 2.24) is 0 Å². The van der Waals surface area contributed by atoms with Gasteiger partial charge in [-0.3, -0.25) is 4.99 Å². The number of aryl methyl sites for hydroxylation is 1. The topological polar surface area (TPSA) is 92.3 Å². The highest BCUT2D eigenvalue weighted by Gasteiger charge is 2.28. The average Bonchev–Trinajstić information content (AvgIpc) is 2.86. The van der Waals surface area contributed by atoms with Gasteiger partial charge in [-0.1, -0.05) is 24.3 Å². The summed E-state index contributed by atoms with van der Waals surface area (Å²) < 4.78 is 10.4. The maximum Gasteiger partial charge on any atom is 0.348 e. The van der Waals surface area contributed by atoms with E-state index in [1.54, 1.807) is 19.1 Å². The van der Waals surface area contributed by atoms with Crippen LogP contribution in [-0.4, -0.2) is 23.0 Å². The minimum Gasteiger partial charge on any atom is -0.507 e. The van der Waals surface area contributed by atoms with Gasteiger partial charge in [0.05, 0.1) is 18.5 Å². The number of hydrogen-bond donors (Lipinski definition) is 2. The second-order valence-electron chi connectivity index (χ2n) is 6.64. The lowest BCUT2D eigenvalue weighted by Crippen LogP contribution is -2.17. The monoisotopic (exact) mass is 409 g/mol. The molecule has 4 rings (SSSR count). The van der Waals surface area contributed by atoms with Crippen molar-refractivity contribution >= 4 is 23.2 Å². The molecular formula is C22H19NO5S. The van der Waals surface area contributed by atoms with E-state index < -0.39 is 5.63 Å². The van der Waals surface area contributed by atoms with Gasteiger partial charge in [0.2, 0.25) is 0 Å². The van der Waals surface area contributed by atoms with E-state index in [1.807, 2.05) is 30.3 Å². The number of aliphatic imine (C=N–C) groups is 1. The van der Waals surface area contributed by atoms with Crippen LogP contribution >= 0.6 is 11.8 Å². The molecule has 148 valence electrons. The summed E-state index contributed by atoms with van der Waals surface area (Å²) in [6.07, 6.45) is 0.307. The molecule has 0 saturated carbocycles. The van der Waals surface area contributed by atoms with E-state index in [1.165, 1.54) is 24.9 Å². The van der Waals surface area contributed by atoms with Gasteiger partial charge in [0, 0.05) is 28.2 Å². The van der Waals surface area contributed by atoms with Gasteiger partial charge in [0.15, 0.2) is 11.5 Å². The van der Waals surface area contributed by atoms with E-state index in [0.717, 1.165) is 4.90 Å². The van der Waals surface area contributed by atoms with Gasteiger partial charge < -0.3 is 19.4 Å². The van der Waals surface area contributed by atoms with Crippen LogP contribution in [0.3, 0.4) is 0 Å². The van der Waals surface area contributed by atoms with Crippen LogP contribution in [0.2, 0.25) is 0 Å². The fourth-order valence-corrected chi connectivity index (χ4v) is 4.62. The second-order valence-corrected chi connectivity index (χ2v) is 7.88. The van der Waals surface area contributed by atoms with Gasteiger partial charge in [0.1, 0.15) is 17.1 Å². The van der Waals surface area contributed by atoms with Crippen molar-refractivity contribution in [2.75, 3.05) is 7.11 Å². The molecule has 0 aliphatic carbocycles. The van der Waals surface area contributed by atoms with Gasteiger partial charge >= 0.3 is 5.63 Å². The molecule has 2 aromatic carbocycles. The number of methoxy groups -OCH3 is 1. The normalized spacial score (nSPS) is 15.9. The Balaban J connectivity index is 1.89. The van der Waals surface area contributed by atoms with Gasteiger partial charge in [0.25, 0.3) is 0 Å². The second kappa shape index (κ2) is 7.67. The first-order valence-electron chi connectivity index (χ1n) is 9.01. The molecule has 1 atom stereocenters. The Morgan fingerprint density at radius 3 is 2.72 bits per heavy atom. The number of ether oxygens (including phenoxy) is 1. The molecule has 0 amide bonds. The fourth-order valence-electron chi connectivity index (χ4n) is 3.37. The van der Waals surface area contributed by atoms with Crippen LogP contribution in [0.25, 0.3) is 0 Å². The summed E-state index contributed by atoms with van der Waals surface area (Å²) in [6, 6.07) is 14.3. The first kappa shape index (κ1) is 19.1. The molecule has 29 heavy (non-hydrogen) atoms. The minimum absolute atomic E-state index is 0.0419. The highest BCUT2D eigenvalue weighted by atomic mass is 32.2. The minimum atomic E-state index is -0.640. The van der Waals surface area contributed by atoms with Crippen molar-refractivity contribution in [2.45, 2.75) is 23.5 Å². The number of fused-ring (bicyclic) bond motifs is 1. The molecule has 3 aromatic rings. The van der Waals surface area contributed by atoms with Crippen LogP contribution in [0.15, 0.2) is 67.6 Å². The van der Waals surface area contributed by atoms with Crippen LogP contribution in [0.4, 0.5) is 5.69 Å². The molecule has 1 unspecified atom stereocenters. The van der Waals surface area contributed by atoms with Crippen LogP contribution < -0.4 is 10.4 Å². The predicted molar refractivity (Wildman–Crippen MR) is 112 cm³/mol. The summed E-state index contributed by atoms with van der Waals surface area (Å²) in [6.45, 7) is 1.60. The lowest BCUT2D eigenvalue weighted by Gasteiger charge is -2.18. The molecule has 2 N–H and O–H groups in total. The van der Waals surface area contributed by atoms with E-state index in [0.29, 0.717) is 34.9 Å². The largest absolute Gasteiger partial charge is 0.507 e. The number of benzene rings is 2. The Kier molecular flexibility index (Phi) is 5.07. The number of phenols is 1. The lowest BCUT2D eigenvalue weighted by atomic mass is 10.0. The molecular weight excluding hydrogens is 390 g/mol. The van der Waals surface area contributed by atoms with Crippen molar-refractivity contribution in [3.8, 4) is 17.2 Å². The standard InChI is InChI=1S/C22H19NO5S/c1-12-10-16(24)20(22(26)28-12)15-11-19(13-6-5-8-17(27-2)21(13)25)29-18-9-4-3-7-14(18)23-15/h3-10,19,24-25H,11H2,1-2H3. The van der Waals surface area contributed by atoms with Crippen LogP contribution in [-0.2, 0) is 0 Å². The molecule has 0 bridgehead atoms. The Morgan fingerprint density at radius 1 is 1.17 bits per heavy atom. The Bertz CT molecular complexity index is 1170. The third-order valence-corrected chi connectivity index (χ3v) is 6.01. The van der Waals surface area contributed by atoms with Crippen molar-refractivity contribution in [3.05, 3.63) is 75.8 Å². The first-order valence-corrected chi connectivity index (χ1v) is 9.89. The predicted octanol–water partition coefficient (Wildman–Crippen LogP) is 4.73.